The summed E-state index contributed by atoms with van der Waals surface area (Å²) in [4.78, 5) is 0.0718. The fourth-order valence-electron chi connectivity index (χ4n) is 2.80. The first-order valence-corrected chi connectivity index (χ1v) is 11.7. The van der Waals surface area contributed by atoms with Crippen molar-refractivity contribution in [2.75, 3.05) is 19.4 Å². The largest absolute Gasteiger partial charge is 0.496 e. The second kappa shape index (κ2) is 7.89. The van der Waals surface area contributed by atoms with Gasteiger partial charge in [-0.25, -0.2) is 8.42 Å². The number of methoxy groups -OCH3 is 1. The molecule has 1 heterocycles. The summed E-state index contributed by atoms with van der Waals surface area (Å²) >= 11 is 17.3. The standard InChI is InChI=1S/C17H16BrCl2NO3S2/c1-10-7-16(14(20)9-13(10)19)26(22,23)21-5-6-25-17(21)12-8-11(18)3-4-15(12)24-2/h3-4,7-9,17H,5-6H2,1-2H3. The maximum atomic E-state index is 13.3. The van der Waals surface area contributed by atoms with Crippen molar-refractivity contribution in [2.45, 2.75) is 17.2 Å². The third-order valence-electron chi connectivity index (χ3n) is 4.11. The Morgan fingerprint density at radius 1 is 1.23 bits per heavy atom. The second-order valence-corrected chi connectivity index (χ2v) is 10.5. The third-order valence-corrected chi connectivity index (χ3v) is 8.71. The summed E-state index contributed by atoms with van der Waals surface area (Å²) in [5.41, 5.74) is 1.47. The molecule has 1 unspecified atom stereocenters. The molecule has 9 heteroatoms. The molecular formula is C17H16BrCl2NO3S2. The van der Waals surface area contributed by atoms with Gasteiger partial charge in [-0.05, 0) is 42.8 Å². The summed E-state index contributed by atoms with van der Waals surface area (Å²) in [6, 6.07) is 8.57. The lowest BCUT2D eigenvalue weighted by atomic mass is 10.2. The van der Waals surface area contributed by atoms with Crippen LogP contribution < -0.4 is 4.74 Å². The minimum absolute atomic E-state index is 0.0718. The molecule has 0 amide bonds. The van der Waals surface area contributed by atoms with Gasteiger partial charge in [0.2, 0.25) is 10.0 Å². The molecule has 140 valence electrons. The molecule has 1 atom stereocenters. The molecule has 4 nitrogen and oxygen atoms in total. The van der Waals surface area contributed by atoms with Gasteiger partial charge in [0.1, 0.15) is 10.6 Å². The van der Waals surface area contributed by atoms with Crippen LogP contribution in [0.25, 0.3) is 0 Å². The number of hydrogen-bond donors (Lipinski definition) is 0. The van der Waals surface area contributed by atoms with Gasteiger partial charge < -0.3 is 4.74 Å². The Morgan fingerprint density at radius 3 is 2.65 bits per heavy atom. The van der Waals surface area contributed by atoms with E-state index in [-0.39, 0.29) is 15.3 Å². The average molecular weight is 497 g/mol. The van der Waals surface area contributed by atoms with Gasteiger partial charge in [-0.3, -0.25) is 0 Å². The van der Waals surface area contributed by atoms with Crippen molar-refractivity contribution >= 4 is 60.9 Å². The predicted molar refractivity (Wildman–Crippen MR) is 111 cm³/mol. The maximum Gasteiger partial charge on any atom is 0.245 e. The highest BCUT2D eigenvalue weighted by atomic mass is 79.9. The number of sulfonamides is 1. The first-order chi connectivity index (χ1) is 12.3. The third kappa shape index (κ3) is 3.75. The smallest absolute Gasteiger partial charge is 0.245 e. The van der Waals surface area contributed by atoms with Crippen LogP contribution in [0.3, 0.4) is 0 Å². The molecule has 0 N–H and O–H groups in total. The molecule has 1 aliphatic rings. The van der Waals surface area contributed by atoms with Crippen LogP contribution in [0, 0.1) is 6.92 Å². The van der Waals surface area contributed by atoms with Gasteiger partial charge in [0, 0.05) is 27.4 Å². The molecule has 0 aromatic heterocycles. The molecule has 1 aliphatic heterocycles. The zero-order valence-corrected chi connectivity index (χ0v) is 18.7. The molecule has 2 aromatic rings. The SMILES string of the molecule is COc1ccc(Br)cc1C1SCCN1S(=O)(=O)c1cc(C)c(Cl)cc1Cl. The minimum atomic E-state index is -3.79. The van der Waals surface area contributed by atoms with E-state index in [1.165, 1.54) is 16.4 Å². The fourth-order valence-corrected chi connectivity index (χ4v) is 7.23. The monoisotopic (exact) mass is 495 g/mol. The number of hydrogen-bond acceptors (Lipinski definition) is 4. The first-order valence-electron chi connectivity index (χ1n) is 7.68. The molecule has 3 rings (SSSR count). The molecule has 2 aromatic carbocycles. The summed E-state index contributed by atoms with van der Waals surface area (Å²) in [7, 11) is -2.22. The van der Waals surface area contributed by atoms with Crippen molar-refractivity contribution in [2.24, 2.45) is 0 Å². The minimum Gasteiger partial charge on any atom is -0.496 e. The van der Waals surface area contributed by atoms with Gasteiger partial charge in [-0.2, -0.15) is 4.31 Å². The molecule has 0 radical (unpaired) electrons. The van der Waals surface area contributed by atoms with Crippen LogP contribution in [0.4, 0.5) is 0 Å². The van der Waals surface area contributed by atoms with E-state index in [9.17, 15) is 8.42 Å². The van der Waals surface area contributed by atoms with Crippen molar-refractivity contribution in [3.8, 4) is 5.75 Å². The number of nitrogens with zero attached hydrogens (tertiary/aromatic N) is 1. The van der Waals surface area contributed by atoms with E-state index in [4.69, 9.17) is 27.9 Å². The zero-order chi connectivity index (χ0) is 19.1. The molecule has 1 saturated heterocycles. The molecule has 0 aliphatic carbocycles. The van der Waals surface area contributed by atoms with Gasteiger partial charge in [-0.15, -0.1) is 11.8 Å². The lowest BCUT2D eigenvalue weighted by Gasteiger charge is -2.25. The normalized spacial score (nSPS) is 18.3. The fraction of sp³-hybridized carbons (Fsp3) is 0.294. The van der Waals surface area contributed by atoms with Gasteiger partial charge in [0.25, 0.3) is 0 Å². The number of halogens is 3. The average Bonchev–Trinajstić information content (AvgIpc) is 3.08. The topological polar surface area (TPSA) is 46.6 Å². The van der Waals surface area contributed by atoms with Gasteiger partial charge in [-0.1, -0.05) is 39.1 Å². The van der Waals surface area contributed by atoms with Crippen molar-refractivity contribution in [1.29, 1.82) is 0 Å². The highest BCUT2D eigenvalue weighted by Crippen LogP contribution is 2.46. The van der Waals surface area contributed by atoms with Crippen molar-refractivity contribution < 1.29 is 13.2 Å². The second-order valence-electron chi connectivity index (χ2n) is 5.76. The van der Waals surface area contributed by atoms with Crippen LogP contribution in [0.1, 0.15) is 16.5 Å². The van der Waals surface area contributed by atoms with E-state index >= 15 is 0 Å². The summed E-state index contributed by atoms with van der Waals surface area (Å²) in [5, 5.41) is 0.173. The highest BCUT2D eigenvalue weighted by Gasteiger charge is 2.39. The Kier molecular flexibility index (Phi) is 6.16. The van der Waals surface area contributed by atoms with Crippen LogP contribution in [0.5, 0.6) is 5.75 Å². The molecule has 26 heavy (non-hydrogen) atoms. The van der Waals surface area contributed by atoms with Gasteiger partial charge in [0.05, 0.1) is 17.5 Å². The van der Waals surface area contributed by atoms with Gasteiger partial charge >= 0.3 is 0 Å². The molecular weight excluding hydrogens is 481 g/mol. The molecule has 1 fully saturated rings. The van der Waals surface area contributed by atoms with Crippen LogP contribution in [-0.2, 0) is 10.0 Å². The Bertz CT molecular complexity index is 953. The quantitative estimate of drug-likeness (QED) is 0.559. The number of thioether (sulfide) groups is 1. The summed E-state index contributed by atoms with van der Waals surface area (Å²) < 4.78 is 34.4. The summed E-state index contributed by atoms with van der Waals surface area (Å²) in [6.07, 6.45) is 0. The summed E-state index contributed by atoms with van der Waals surface area (Å²) in [6.45, 7) is 2.15. The Balaban J connectivity index is 2.08. The van der Waals surface area contributed by atoms with E-state index < -0.39 is 10.0 Å². The van der Waals surface area contributed by atoms with Gasteiger partial charge in [0.15, 0.2) is 0 Å². The molecule has 0 bridgehead atoms. The maximum absolute atomic E-state index is 13.3. The van der Waals surface area contributed by atoms with Crippen molar-refractivity contribution in [3.05, 3.63) is 56.0 Å². The first kappa shape index (κ1) is 20.3. The van der Waals surface area contributed by atoms with Crippen molar-refractivity contribution in [1.82, 2.24) is 4.31 Å². The van der Waals surface area contributed by atoms with Crippen molar-refractivity contribution in [3.63, 3.8) is 0 Å². The zero-order valence-electron chi connectivity index (χ0n) is 14.0. The number of ether oxygens (including phenoxy) is 1. The van der Waals surface area contributed by atoms with Crippen LogP contribution in [0.15, 0.2) is 39.7 Å². The highest BCUT2D eigenvalue weighted by molar-refractivity contribution is 9.10. The Hall–Kier alpha value is -0.440. The van der Waals surface area contributed by atoms with E-state index in [1.54, 1.807) is 25.8 Å². The number of benzene rings is 2. The van der Waals surface area contributed by atoms with E-state index in [2.05, 4.69) is 15.9 Å². The lowest BCUT2D eigenvalue weighted by molar-refractivity contribution is 0.390. The van der Waals surface area contributed by atoms with Crippen LogP contribution >= 0.6 is 50.9 Å². The van der Waals surface area contributed by atoms with Crippen LogP contribution in [0.2, 0.25) is 10.0 Å². The van der Waals surface area contributed by atoms with Crippen LogP contribution in [-0.4, -0.2) is 32.1 Å². The summed E-state index contributed by atoms with van der Waals surface area (Å²) in [5.74, 6) is 1.33. The van der Waals surface area contributed by atoms with E-state index in [1.807, 2.05) is 18.2 Å². The Morgan fingerprint density at radius 2 is 1.96 bits per heavy atom. The lowest BCUT2D eigenvalue weighted by Crippen LogP contribution is -2.31. The predicted octanol–water partition coefficient (Wildman–Crippen LogP) is 5.51. The number of rotatable bonds is 4. The Labute approximate surface area is 176 Å². The molecule has 0 saturated carbocycles. The van der Waals surface area contributed by atoms with E-state index in [0.29, 0.717) is 28.6 Å². The molecule has 0 spiro atoms. The number of aryl methyl sites for hydroxylation is 1. The van der Waals surface area contributed by atoms with E-state index in [0.717, 1.165) is 10.0 Å².